The van der Waals surface area contributed by atoms with Gasteiger partial charge in [0, 0.05) is 0 Å². The monoisotopic (exact) mass is 339 g/mol. The van der Waals surface area contributed by atoms with E-state index in [1.165, 1.54) is 24.7 Å². The molecule has 1 amide bonds. The number of carbonyl (C=O) groups excluding carboxylic acids is 1. The second-order valence-electron chi connectivity index (χ2n) is 7.64. The van der Waals surface area contributed by atoms with Crippen molar-refractivity contribution in [1.82, 2.24) is 5.32 Å². The molecule has 0 radical (unpaired) electrons. The first-order chi connectivity index (χ1) is 12.2. The Balaban J connectivity index is 1.49. The number of carbonyl (C=O) groups is 1. The smallest absolute Gasteiger partial charge is 0.226 e. The average Bonchev–Trinajstić information content (AvgIpc) is 3.37. The quantitative estimate of drug-likeness (QED) is 0.847. The maximum absolute atomic E-state index is 13.2. The SMILES string of the molecule is O=C(NCC(O)c1ccco1)C1(Cc2ccccc2)CC2CCC1C2. The van der Waals surface area contributed by atoms with Gasteiger partial charge in [-0.25, -0.2) is 0 Å². The van der Waals surface area contributed by atoms with Gasteiger partial charge in [0.15, 0.2) is 0 Å². The van der Waals surface area contributed by atoms with Crippen LogP contribution in [0.3, 0.4) is 0 Å². The fourth-order valence-corrected chi connectivity index (χ4v) is 4.93. The number of furan rings is 1. The Hall–Kier alpha value is -2.07. The van der Waals surface area contributed by atoms with E-state index >= 15 is 0 Å². The second-order valence-corrected chi connectivity index (χ2v) is 7.64. The molecule has 0 aliphatic heterocycles. The van der Waals surface area contributed by atoms with Crippen molar-refractivity contribution < 1.29 is 14.3 Å². The highest BCUT2D eigenvalue weighted by atomic mass is 16.4. The van der Waals surface area contributed by atoms with Gasteiger partial charge in [-0.05, 0) is 55.2 Å². The fraction of sp³-hybridized carbons (Fsp3) is 0.476. The third kappa shape index (κ3) is 3.11. The van der Waals surface area contributed by atoms with Crippen LogP contribution in [0.1, 0.15) is 43.1 Å². The highest BCUT2D eigenvalue weighted by Gasteiger charge is 2.55. The van der Waals surface area contributed by atoms with E-state index in [2.05, 4.69) is 17.4 Å². The number of fused-ring (bicyclic) bond motifs is 2. The first-order valence-electron chi connectivity index (χ1n) is 9.21. The average molecular weight is 339 g/mol. The Morgan fingerprint density at radius 3 is 2.72 bits per heavy atom. The van der Waals surface area contributed by atoms with Crippen molar-refractivity contribution in [3.05, 3.63) is 60.1 Å². The zero-order valence-corrected chi connectivity index (χ0v) is 14.4. The molecule has 4 rings (SSSR count). The minimum atomic E-state index is -0.800. The molecule has 1 heterocycles. The van der Waals surface area contributed by atoms with Crippen LogP contribution in [0, 0.1) is 17.3 Å². The zero-order valence-electron chi connectivity index (χ0n) is 14.4. The first kappa shape index (κ1) is 16.4. The van der Waals surface area contributed by atoms with Gasteiger partial charge in [-0.3, -0.25) is 4.79 Å². The lowest BCUT2D eigenvalue weighted by Gasteiger charge is -2.36. The number of aliphatic hydroxyl groups excluding tert-OH is 1. The minimum absolute atomic E-state index is 0.0918. The number of aliphatic hydroxyl groups is 1. The molecule has 2 fully saturated rings. The number of benzene rings is 1. The van der Waals surface area contributed by atoms with E-state index in [4.69, 9.17) is 4.42 Å². The number of hydrogen-bond donors (Lipinski definition) is 2. The van der Waals surface area contributed by atoms with Crippen LogP contribution in [-0.4, -0.2) is 17.6 Å². The summed E-state index contributed by atoms with van der Waals surface area (Å²) >= 11 is 0. The molecule has 4 nitrogen and oxygen atoms in total. The summed E-state index contributed by atoms with van der Waals surface area (Å²) in [4.78, 5) is 13.2. The summed E-state index contributed by atoms with van der Waals surface area (Å²) in [5, 5.41) is 13.2. The van der Waals surface area contributed by atoms with Gasteiger partial charge in [-0.2, -0.15) is 0 Å². The van der Waals surface area contributed by atoms with Crippen LogP contribution >= 0.6 is 0 Å². The molecule has 0 spiro atoms. The summed E-state index contributed by atoms with van der Waals surface area (Å²) in [6, 6.07) is 13.8. The first-order valence-corrected chi connectivity index (χ1v) is 9.21. The van der Waals surface area contributed by atoms with Crippen molar-refractivity contribution in [1.29, 1.82) is 0 Å². The molecule has 4 unspecified atom stereocenters. The molecule has 2 N–H and O–H groups in total. The van der Waals surface area contributed by atoms with Crippen molar-refractivity contribution in [2.24, 2.45) is 17.3 Å². The Morgan fingerprint density at radius 2 is 2.08 bits per heavy atom. The van der Waals surface area contributed by atoms with Crippen molar-refractivity contribution in [2.75, 3.05) is 6.54 Å². The molecule has 1 aromatic carbocycles. The molecule has 0 saturated heterocycles. The molecule has 132 valence electrons. The maximum atomic E-state index is 13.2. The summed E-state index contributed by atoms with van der Waals surface area (Å²) in [7, 11) is 0. The largest absolute Gasteiger partial charge is 0.467 e. The van der Waals surface area contributed by atoms with E-state index in [1.54, 1.807) is 12.1 Å². The predicted molar refractivity (Wildman–Crippen MR) is 94.7 cm³/mol. The molecule has 2 bridgehead atoms. The van der Waals surface area contributed by atoms with Gasteiger partial charge in [0.25, 0.3) is 0 Å². The molecule has 2 saturated carbocycles. The molecular formula is C21H25NO3. The molecular weight excluding hydrogens is 314 g/mol. The van der Waals surface area contributed by atoms with Gasteiger partial charge in [0.1, 0.15) is 11.9 Å². The summed E-state index contributed by atoms with van der Waals surface area (Å²) in [6.45, 7) is 0.195. The van der Waals surface area contributed by atoms with Crippen molar-refractivity contribution in [2.45, 2.75) is 38.2 Å². The molecule has 2 aromatic rings. The van der Waals surface area contributed by atoms with Crippen LogP contribution in [0.5, 0.6) is 0 Å². The maximum Gasteiger partial charge on any atom is 0.226 e. The van der Waals surface area contributed by atoms with Gasteiger partial charge in [0.05, 0.1) is 18.2 Å². The minimum Gasteiger partial charge on any atom is -0.467 e. The number of rotatable bonds is 6. The van der Waals surface area contributed by atoms with E-state index in [0.29, 0.717) is 17.6 Å². The molecule has 4 heteroatoms. The fourth-order valence-electron chi connectivity index (χ4n) is 4.93. The lowest BCUT2D eigenvalue weighted by atomic mass is 9.68. The highest BCUT2D eigenvalue weighted by Crippen LogP contribution is 2.57. The topological polar surface area (TPSA) is 62.5 Å². The Kier molecular flexibility index (Phi) is 4.38. The van der Waals surface area contributed by atoms with Crippen LogP contribution in [0.2, 0.25) is 0 Å². The van der Waals surface area contributed by atoms with Gasteiger partial charge >= 0.3 is 0 Å². The van der Waals surface area contributed by atoms with Crippen LogP contribution in [0.15, 0.2) is 53.1 Å². The second kappa shape index (κ2) is 6.68. The van der Waals surface area contributed by atoms with Crippen molar-refractivity contribution in [3.63, 3.8) is 0 Å². The molecule has 2 aliphatic rings. The van der Waals surface area contributed by atoms with Crippen molar-refractivity contribution in [3.8, 4) is 0 Å². The molecule has 4 atom stereocenters. The van der Waals surface area contributed by atoms with Crippen LogP contribution in [0.25, 0.3) is 0 Å². The molecule has 25 heavy (non-hydrogen) atoms. The van der Waals surface area contributed by atoms with Gasteiger partial charge in [-0.15, -0.1) is 0 Å². The summed E-state index contributed by atoms with van der Waals surface area (Å²) in [5.41, 5.74) is 0.893. The Bertz CT molecular complexity index is 712. The normalized spacial score (nSPS) is 28.8. The number of hydrogen-bond acceptors (Lipinski definition) is 3. The third-order valence-corrected chi connectivity index (χ3v) is 6.12. The Labute approximate surface area is 148 Å². The van der Waals surface area contributed by atoms with Crippen LogP contribution in [-0.2, 0) is 11.2 Å². The van der Waals surface area contributed by atoms with Crippen LogP contribution in [0.4, 0.5) is 0 Å². The van der Waals surface area contributed by atoms with Gasteiger partial charge in [0.2, 0.25) is 5.91 Å². The summed E-state index contributed by atoms with van der Waals surface area (Å²) < 4.78 is 5.22. The lowest BCUT2D eigenvalue weighted by molar-refractivity contribution is -0.134. The van der Waals surface area contributed by atoms with Gasteiger partial charge < -0.3 is 14.8 Å². The zero-order chi connectivity index (χ0) is 17.3. The molecule has 1 aromatic heterocycles. The van der Waals surface area contributed by atoms with E-state index < -0.39 is 6.10 Å². The van der Waals surface area contributed by atoms with Gasteiger partial charge in [-0.1, -0.05) is 36.8 Å². The number of amides is 1. The molecule has 2 aliphatic carbocycles. The third-order valence-electron chi connectivity index (χ3n) is 6.12. The van der Waals surface area contributed by atoms with Crippen molar-refractivity contribution >= 4 is 5.91 Å². The van der Waals surface area contributed by atoms with E-state index in [0.717, 1.165) is 19.3 Å². The predicted octanol–water partition coefficient (Wildman–Crippen LogP) is 3.48. The summed E-state index contributed by atoms with van der Waals surface area (Å²) in [6.07, 6.45) is 6.06. The standard InChI is InChI=1S/C21H25NO3/c23-18(19-7-4-10-25-19)14-22-20(24)21(12-15-5-2-1-3-6-15)13-16-8-9-17(21)11-16/h1-7,10,16-18,23H,8-9,11-14H2,(H,22,24). The van der Waals surface area contributed by atoms with Crippen LogP contribution < -0.4 is 5.32 Å². The van der Waals surface area contributed by atoms with E-state index in [-0.39, 0.29) is 17.9 Å². The Morgan fingerprint density at radius 1 is 1.24 bits per heavy atom. The lowest BCUT2D eigenvalue weighted by Crippen LogP contribution is -2.47. The van der Waals surface area contributed by atoms with E-state index in [9.17, 15) is 9.90 Å². The number of nitrogens with one attached hydrogen (secondary N) is 1. The highest BCUT2D eigenvalue weighted by molar-refractivity contribution is 5.84. The van der Waals surface area contributed by atoms with E-state index in [1.807, 2.05) is 18.2 Å². The summed E-state index contributed by atoms with van der Waals surface area (Å²) in [5.74, 6) is 1.72.